The van der Waals surface area contributed by atoms with E-state index in [2.05, 4.69) is 15.6 Å². The van der Waals surface area contributed by atoms with E-state index >= 15 is 0 Å². The lowest BCUT2D eigenvalue weighted by molar-refractivity contribution is -0.115. The normalized spacial score (nSPS) is 16.7. The molecule has 2 aromatic rings. The third-order valence-electron chi connectivity index (χ3n) is 3.85. The highest BCUT2D eigenvalue weighted by molar-refractivity contribution is 6.18. The summed E-state index contributed by atoms with van der Waals surface area (Å²) in [5.74, 6) is -0.774. The molecule has 3 rings (SSSR count). The average Bonchev–Trinajstić information content (AvgIpc) is 2.89. The summed E-state index contributed by atoms with van der Waals surface area (Å²) < 4.78 is 0. The quantitative estimate of drug-likeness (QED) is 0.856. The van der Waals surface area contributed by atoms with Crippen molar-refractivity contribution in [2.24, 2.45) is 4.99 Å². The number of anilines is 1. The Morgan fingerprint density at radius 1 is 1.17 bits per heavy atom. The Kier molecular flexibility index (Phi) is 3.93. The van der Waals surface area contributed by atoms with Gasteiger partial charge in [-0.15, -0.1) is 0 Å². The van der Waals surface area contributed by atoms with E-state index in [1.54, 1.807) is 25.2 Å². The lowest BCUT2D eigenvalue weighted by atomic mass is 9.94. The van der Waals surface area contributed by atoms with E-state index in [1.165, 1.54) is 0 Å². The van der Waals surface area contributed by atoms with Gasteiger partial charge in [-0.1, -0.05) is 18.2 Å². The Hall–Kier alpha value is -2.95. The monoisotopic (exact) mass is 307 g/mol. The first kappa shape index (κ1) is 15.0. The van der Waals surface area contributed by atoms with Crippen LogP contribution in [0.4, 0.5) is 11.4 Å². The number of fused-ring (bicyclic) bond motifs is 1. The fourth-order valence-corrected chi connectivity index (χ4v) is 2.73. The molecule has 1 unspecified atom stereocenters. The minimum atomic E-state index is -0.477. The van der Waals surface area contributed by atoms with Gasteiger partial charge >= 0.3 is 0 Å². The molecule has 0 spiro atoms. The second kappa shape index (κ2) is 6.04. The Bertz CT molecular complexity index is 797. The standard InChI is InChI=1S/C18H17N3O2/c1-11(20-13-6-4-3-5-7-13)16-14-10-12(17(22)19-2)8-9-15(14)21-18(16)23/h3-10,16H,1-2H3,(H,19,22)(H,21,23). The number of carbonyl (C=O) groups is 2. The van der Waals surface area contributed by atoms with Crippen LogP contribution in [0.3, 0.4) is 0 Å². The predicted molar refractivity (Wildman–Crippen MR) is 90.4 cm³/mol. The molecule has 0 fully saturated rings. The van der Waals surface area contributed by atoms with Crippen LogP contribution in [-0.2, 0) is 4.79 Å². The number of nitrogens with one attached hydrogen (secondary N) is 2. The number of amides is 2. The van der Waals surface area contributed by atoms with Crippen LogP contribution >= 0.6 is 0 Å². The van der Waals surface area contributed by atoms with Gasteiger partial charge in [-0.3, -0.25) is 14.6 Å². The SMILES string of the molecule is CNC(=O)c1ccc2c(c1)C(C(C)=Nc1ccccc1)C(=O)N2. The topological polar surface area (TPSA) is 70.6 Å². The van der Waals surface area contributed by atoms with E-state index in [-0.39, 0.29) is 11.8 Å². The highest BCUT2D eigenvalue weighted by atomic mass is 16.2. The average molecular weight is 307 g/mol. The lowest BCUT2D eigenvalue weighted by Gasteiger charge is -2.10. The van der Waals surface area contributed by atoms with Crippen LogP contribution in [0.1, 0.15) is 28.8 Å². The van der Waals surface area contributed by atoms with Crippen LogP contribution in [-0.4, -0.2) is 24.6 Å². The second-order valence-corrected chi connectivity index (χ2v) is 5.39. The first-order valence-corrected chi connectivity index (χ1v) is 7.37. The molecule has 1 heterocycles. The number of aliphatic imine (C=N–C) groups is 1. The lowest BCUT2D eigenvalue weighted by Crippen LogP contribution is -2.20. The second-order valence-electron chi connectivity index (χ2n) is 5.39. The molecular weight excluding hydrogens is 290 g/mol. The maximum atomic E-state index is 12.3. The van der Waals surface area contributed by atoms with Crippen molar-refractivity contribution in [3.8, 4) is 0 Å². The van der Waals surface area contributed by atoms with Gasteiger partial charge in [-0.2, -0.15) is 0 Å². The van der Waals surface area contributed by atoms with Crippen LogP contribution < -0.4 is 10.6 Å². The minimum absolute atomic E-state index is 0.119. The van der Waals surface area contributed by atoms with Crippen molar-refractivity contribution >= 4 is 28.9 Å². The maximum Gasteiger partial charge on any atom is 0.251 e. The molecular formula is C18H17N3O2. The Morgan fingerprint density at radius 2 is 1.91 bits per heavy atom. The fraction of sp³-hybridized carbons (Fsp3) is 0.167. The summed E-state index contributed by atoms with van der Waals surface area (Å²) in [5, 5.41) is 5.44. The molecule has 0 saturated heterocycles. The number of hydrogen-bond donors (Lipinski definition) is 2. The molecule has 0 radical (unpaired) electrons. The number of nitrogens with zero attached hydrogens (tertiary/aromatic N) is 1. The Balaban J connectivity index is 2.00. The van der Waals surface area contributed by atoms with E-state index in [0.29, 0.717) is 11.3 Å². The van der Waals surface area contributed by atoms with Crippen molar-refractivity contribution in [2.75, 3.05) is 12.4 Å². The van der Waals surface area contributed by atoms with Crippen molar-refractivity contribution in [1.82, 2.24) is 5.32 Å². The minimum Gasteiger partial charge on any atom is -0.355 e. The van der Waals surface area contributed by atoms with Gasteiger partial charge in [-0.25, -0.2) is 0 Å². The summed E-state index contributed by atoms with van der Waals surface area (Å²) in [6.07, 6.45) is 0. The van der Waals surface area contributed by atoms with Crippen LogP contribution in [0.2, 0.25) is 0 Å². The van der Waals surface area contributed by atoms with E-state index in [9.17, 15) is 9.59 Å². The van der Waals surface area contributed by atoms with Gasteiger partial charge in [0, 0.05) is 24.0 Å². The third kappa shape index (κ3) is 2.85. The molecule has 1 aliphatic heterocycles. The van der Waals surface area contributed by atoms with Gasteiger partial charge < -0.3 is 10.6 Å². The van der Waals surface area contributed by atoms with Gasteiger partial charge in [0.2, 0.25) is 5.91 Å². The molecule has 116 valence electrons. The fourth-order valence-electron chi connectivity index (χ4n) is 2.73. The first-order chi connectivity index (χ1) is 11.1. The first-order valence-electron chi connectivity index (χ1n) is 7.37. The number of rotatable bonds is 3. The molecule has 0 aliphatic carbocycles. The molecule has 2 N–H and O–H groups in total. The van der Waals surface area contributed by atoms with Gasteiger partial charge in [0.15, 0.2) is 0 Å². The Morgan fingerprint density at radius 3 is 2.61 bits per heavy atom. The van der Waals surface area contributed by atoms with E-state index in [4.69, 9.17) is 0 Å². The van der Waals surface area contributed by atoms with E-state index in [1.807, 2.05) is 37.3 Å². The summed E-state index contributed by atoms with van der Waals surface area (Å²) in [4.78, 5) is 28.7. The molecule has 2 aromatic carbocycles. The zero-order valence-electron chi connectivity index (χ0n) is 13.0. The summed E-state index contributed by atoms with van der Waals surface area (Å²) in [6.45, 7) is 1.83. The molecule has 0 bridgehead atoms. The maximum absolute atomic E-state index is 12.3. The van der Waals surface area contributed by atoms with Crippen molar-refractivity contribution in [2.45, 2.75) is 12.8 Å². The zero-order chi connectivity index (χ0) is 16.4. The molecule has 0 saturated carbocycles. The highest BCUT2D eigenvalue weighted by Crippen LogP contribution is 2.35. The third-order valence-corrected chi connectivity index (χ3v) is 3.85. The molecule has 2 amide bonds. The molecule has 5 nitrogen and oxygen atoms in total. The van der Waals surface area contributed by atoms with Crippen LogP contribution in [0.15, 0.2) is 53.5 Å². The smallest absolute Gasteiger partial charge is 0.251 e. The van der Waals surface area contributed by atoms with Gasteiger partial charge in [0.1, 0.15) is 5.92 Å². The highest BCUT2D eigenvalue weighted by Gasteiger charge is 2.33. The number of benzene rings is 2. The summed E-state index contributed by atoms with van der Waals surface area (Å²) >= 11 is 0. The summed E-state index contributed by atoms with van der Waals surface area (Å²) in [6, 6.07) is 14.7. The van der Waals surface area contributed by atoms with Crippen molar-refractivity contribution in [3.05, 3.63) is 59.7 Å². The molecule has 23 heavy (non-hydrogen) atoms. The van der Waals surface area contributed by atoms with Crippen LogP contribution in [0, 0.1) is 0 Å². The molecule has 0 aromatic heterocycles. The van der Waals surface area contributed by atoms with Gasteiger partial charge in [0.25, 0.3) is 5.91 Å². The Labute approximate surface area is 134 Å². The zero-order valence-corrected chi connectivity index (χ0v) is 13.0. The number of para-hydroxylation sites is 1. The van der Waals surface area contributed by atoms with Crippen molar-refractivity contribution < 1.29 is 9.59 Å². The number of carbonyl (C=O) groups excluding carboxylic acids is 2. The molecule has 5 heteroatoms. The molecule has 1 aliphatic rings. The van der Waals surface area contributed by atoms with E-state index < -0.39 is 5.92 Å². The summed E-state index contributed by atoms with van der Waals surface area (Å²) in [5.41, 5.74) is 3.54. The predicted octanol–water partition coefficient (Wildman–Crippen LogP) is 2.87. The number of hydrogen-bond acceptors (Lipinski definition) is 3. The summed E-state index contributed by atoms with van der Waals surface area (Å²) in [7, 11) is 1.58. The van der Waals surface area contributed by atoms with Crippen molar-refractivity contribution in [1.29, 1.82) is 0 Å². The van der Waals surface area contributed by atoms with E-state index in [0.717, 1.165) is 16.9 Å². The van der Waals surface area contributed by atoms with Crippen LogP contribution in [0.5, 0.6) is 0 Å². The molecule has 1 atom stereocenters. The van der Waals surface area contributed by atoms with Crippen LogP contribution in [0.25, 0.3) is 0 Å². The largest absolute Gasteiger partial charge is 0.355 e. The van der Waals surface area contributed by atoms with Gasteiger partial charge in [-0.05, 0) is 42.8 Å². The van der Waals surface area contributed by atoms with Crippen molar-refractivity contribution in [3.63, 3.8) is 0 Å². The van der Waals surface area contributed by atoms with Gasteiger partial charge in [0.05, 0.1) is 5.69 Å².